The van der Waals surface area contributed by atoms with Crippen molar-refractivity contribution in [2.45, 2.75) is 30.8 Å². The van der Waals surface area contributed by atoms with E-state index in [-0.39, 0.29) is 6.10 Å². The van der Waals surface area contributed by atoms with E-state index < -0.39 is 10.0 Å². The van der Waals surface area contributed by atoms with Crippen LogP contribution in [0.2, 0.25) is 0 Å². The summed E-state index contributed by atoms with van der Waals surface area (Å²) in [6.07, 6.45) is 1.23. The summed E-state index contributed by atoms with van der Waals surface area (Å²) in [5.41, 5.74) is 1.83. The lowest BCUT2D eigenvalue weighted by molar-refractivity contribution is 0.206. The maximum absolute atomic E-state index is 12.9. The van der Waals surface area contributed by atoms with Crippen molar-refractivity contribution in [2.75, 3.05) is 19.7 Å². The van der Waals surface area contributed by atoms with Crippen LogP contribution in [0.5, 0.6) is 11.6 Å². The van der Waals surface area contributed by atoms with Crippen molar-refractivity contribution < 1.29 is 17.9 Å². The van der Waals surface area contributed by atoms with E-state index in [1.54, 1.807) is 24.3 Å². The molecule has 1 aromatic carbocycles. The molecule has 0 aliphatic carbocycles. The Labute approximate surface area is 147 Å². The number of aryl methyl sites for hydroxylation is 1. The van der Waals surface area contributed by atoms with Gasteiger partial charge in [-0.15, -0.1) is 0 Å². The molecule has 0 spiro atoms. The Kier molecular flexibility index (Phi) is 4.13. The van der Waals surface area contributed by atoms with Crippen LogP contribution in [0.1, 0.15) is 17.7 Å². The van der Waals surface area contributed by atoms with E-state index in [1.165, 1.54) is 4.31 Å². The van der Waals surface area contributed by atoms with E-state index in [1.807, 2.05) is 19.1 Å². The van der Waals surface area contributed by atoms with Gasteiger partial charge in [-0.25, -0.2) is 13.4 Å². The number of aromatic nitrogens is 1. The Hall–Kier alpha value is -2.12. The standard InChI is InChI=1S/C18H20N2O4S/c1-13-3-2-4-18(19-13)24-15-7-9-20(12-15)25(21,22)16-5-6-17-14(11-16)8-10-23-17/h2-6,11,15H,7-10,12H2,1H3. The van der Waals surface area contributed by atoms with Crippen LogP contribution >= 0.6 is 0 Å². The Morgan fingerprint density at radius 1 is 1.28 bits per heavy atom. The lowest BCUT2D eigenvalue weighted by Crippen LogP contribution is -2.31. The average molecular weight is 360 g/mol. The molecule has 1 atom stereocenters. The molecule has 2 aromatic rings. The van der Waals surface area contributed by atoms with Crippen LogP contribution in [0.4, 0.5) is 0 Å². The SMILES string of the molecule is Cc1cccc(OC2CCN(S(=O)(=O)c3ccc4c(c3)CCO4)C2)n1. The second-order valence-corrected chi connectivity index (χ2v) is 8.31. The molecule has 1 fully saturated rings. The van der Waals surface area contributed by atoms with Crippen molar-refractivity contribution in [2.24, 2.45) is 0 Å². The number of rotatable bonds is 4. The number of hydrogen-bond acceptors (Lipinski definition) is 5. The Morgan fingerprint density at radius 2 is 2.16 bits per heavy atom. The molecule has 3 heterocycles. The summed E-state index contributed by atoms with van der Waals surface area (Å²) in [6, 6.07) is 10.7. The topological polar surface area (TPSA) is 68.7 Å². The summed E-state index contributed by atoms with van der Waals surface area (Å²) < 4.78 is 38.6. The van der Waals surface area contributed by atoms with Gasteiger partial charge >= 0.3 is 0 Å². The molecule has 132 valence electrons. The molecule has 1 unspecified atom stereocenters. The van der Waals surface area contributed by atoms with Crippen LogP contribution < -0.4 is 9.47 Å². The smallest absolute Gasteiger partial charge is 0.243 e. The summed E-state index contributed by atoms with van der Waals surface area (Å²) >= 11 is 0. The van der Waals surface area contributed by atoms with Gasteiger partial charge in [0.1, 0.15) is 11.9 Å². The molecule has 0 bridgehead atoms. The van der Waals surface area contributed by atoms with Gasteiger partial charge in [-0.05, 0) is 43.2 Å². The van der Waals surface area contributed by atoms with Gasteiger partial charge in [0.05, 0.1) is 18.0 Å². The fourth-order valence-electron chi connectivity index (χ4n) is 3.24. The Bertz CT molecular complexity index is 898. The van der Waals surface area contributed by atoms with Crippen LogP contribution in [-0.2, 0) is 16.4 Å². The summed E-state index contributed by atoms with van der Waals surface area (Å²) in [7, 11) is -3.52. The van der Waals surface area contributed by atoms with Crippen molar-refractivity contribution in [1.29, 1.82) is 0 Å². The zero-order valence-electron chi connectivity index (χ0n) is 14.0. The zero-order valence-corrected chi connectivity index (χ0v) is 14.8. The Morgan fingerprint density at radius 3 is 3.00 bits per heavy atom. The van der Waals surface area contributed by atoms with E-state index >= 15 is 0 Å². The van der Waals surface area contributed by atoms with Crippen molar-refractivity contribution in [3.63, 3.8) is 0 Å². The number of nitrogens with zero attached hydrogens (tertiary/aromatic N) is 2. The lowest BCUT2D eigenvalue weighted by Gasteiger charge is -2.17. The highest BCUT2D eigenvalue weighted by atomic mass is 32.2. The summed E-state index contributed by atoms with van der Waals surface area (Å²) in [5, 5.41) is 0. The highest BCUT2D eigenvalue weighted by Crippen LogP contribution is 2.30. The first-order valence-electron chi connectivity index (χ1n) is 8.38. The third kappa shape index (κ3) is 3.21. The number of benzene rings is 1. The highest BCUT2D eigenvalue weighted by molar-refractivity contribution is 7.89. The summed E-state index contributed by atoms with van der Waals surface area (Å²) in [4.78, 5) is 4.64. The predicted octanol–water partition coefficient (Wildman–Crippen LogP) is 2.17. The molecule has 25 heavy (non-hydrogen) atoms. The summed E-state index contributed by atoms with van der Waals surface area (Å²) in [5.74, 6) is 1.33. The molecule has 1 saturated heterocycles. The van der Waals surface area contributed by atoms with Crippen LogP contribution in [0.3, 0.4) is 0 Å². The van der Waals surface area contributed by atoms with Gasteiger partial charge in [0.2, 0.25) is 15.9 Å². The van der Waals surface area contributed by atoms with E-state index in [2.05, 4.69) is 4.98 Å². The number of pyridine rings is 1. The highest BCUT2D eigenvalue weighted by Gasteiger charge is 2.34. The minimum absolute atomic E-state index is 0.179. The maximum atomic E-state index is 12.9. The van der Waals surface area contributed by atoms with Gasteiger partial charge in [-0.3, -0.25) is 0 Å². The number of sulfonamides is 1. The molecular weight excluding hydrogens is 340 g/mol. The van der Waals surface area contributed by atoms with Gasteiger partial charge in [0.15, 0.2) is 0 Å². The van der Waals surface area contributed by atoms with E-state index in [0.29, 0.717) is 36.9 Å². The molecule has 0 amide bonds. The third-order valence-electron chi connectivity index (χ3n) is 4.56. The molecule has 4 rings (SSSR count). The summed E-state index contributed by atoms with van der Waals surface area (Å²) in [6.45, 7) is 3.30. The number of hydrogen-bond donors (Lipinski definition) is 0. The predicted molar refractivity (Wildman–Crippen MR) is 92.4 cm³/mol. The first-order valence-corrected chi connectivity index (χ1v) is 9.82. The van der Waals surface area contributed by atoms with E-state index in [0.717, 1.165) is 23.4 Å². The normalized spacial score (nSPS) is 20.3. The molecule has 0 N–H and O–H groups in total. The Balaban J connectivity index is 1.49. The molecule has 7 heteroatoms. The van der Waals surface area contributed by atoms with Crippen molar-refractivity contribution >= 4 is 10.0 Å². The van der Waals surface area contributed by atoms with Gasteiger partial charge in [-0.1, -0.05) is 6.07 Å². The van der Waals surface area contributed by atoms with Crippen LogP contribution in [0, 0.1) is 6.92 Å². The minimum Gasteiger partial charge on any atom is -0.493 e. The second kappa shape index (κ2) is 6.31. The van der Waals surface area contributed by atoms with Crippen LogP contribution in [-0.4, -0.2) is 43.5 Å². The first kappa shape index (κ1) is 16.4. The molecule has 1 aromatic heterocycles. The molecule has 6 nitrogen and oxygen atoms in total. The van der Waals surface area contributed by atoms with E-state index in [4.69, 9.17) is 9.47 Å². The third-order valence-corrected chi connectivity index (χ3v) is 6.42. The average Bonchev–Trinajstić information content (AvgIpc) is 3.23. The number of fused-ring (bicyclic) bond motifs is 1. The second-order valence-electron chi connectivity index (χ2n) is 6.38. The quantitative estimate of drug-likeness (QED) is 0.836. The van der Waals surface area contributed by atoms with Crippen LogP contribution in [0.15, 0.2) is 41.3 Å². The molecular formula is C18H20N2O4S. The zero-order chi connectivity index (χ0) is 17.4. The monoisotopic (exact) mass is 360 g/mol. The van der Waals surface area contributed by atoms with Crippen LogP contribution in [0.25, 0.3) is 0 Å². The molecule has 0 radical (unpaired) electrons. The lowest BCUT2D eigenvalue weighted by atomic mass is 10.2. The van der Waals surface area contributed by atoms with Gasteiger partial charge in [-0.2, -0.15) is 4.31 Å². The molecule has 0 saturated carbocycles. The molecule has 2 aliphatic heterocycles. The number of ether oxygens (including phenoxy) is 2. The largest absolute Gasteiger partial charge is 0.493 e. The van der Waals surface area contributed by atoms with Crippen molar-refractivity contribution in [3.8, 4) is 11.6 Å². The minimum atomic E-state index is -3.52. The van der Waals surface area contributed by atoms with Crippen molar-refractivity contribution in [3.05, 3.63) is 47.7 Å². The van der Waals surface area contributed by atoms with Gasteiger partial charge in [0.25, 0.3) is 0 Å². The van der Waals surface area contributed by atoms with Gasteiger partial charge in [0, 0.05) is 24.7 Å². The fourth-order valence-corrected chi connectivity index (χ4v) is 4.78. The molecule has 2 aliphatic rings. The van der Waals surface area contributed by atoms with Gasteiger partial charge < -0.3 is 9.47 Å². The first-order chi connectivity index (χ1) is 12.0. The van der Waals surface area contributed by atoms with Crippen molar-refractivity contribution in [1.82, 2.24) is 9.29 Å². The maximum Gasteiger partial charge on any atom is 0.243 e. The van der Waals surface area contributed by atoms with E-state index in [9.17, 15) is 8.42 Å². The fraction of sp³-hybridized carbons (Fsp3) is 0.389.